The molecule has 1 saturated heterocycles. The average molecular weight is 380 g/mol. The Balaban J connectivity index is 1.83. The van der Waals surface area contributed by atoms with Crippen molar-refractivity contribution >= 4 is 12.0 Å². The quantitative estimate of drug-likeness (QED) is 0.770. The Morgan fingerprint density at radius 1 is 0.893 bits per heavy atom. The molecule has 0 saturated carbocycles. The zero-order valence-corrected chi connectivity index (χ0v) is 16.8. The molecule has 5 nitrogen and oxygen atoms in total. The lowest BCUT2D eigenvalue weighted by Gasteiger charge is -2.32. The summed E-state index contributed by atoms with van der Waals surface area (Å²) in [5.74, 6) is -0.00143. The SMILES string of the molecule is CC(C)(C)OC(=O)N1CCN(C(=O)c2ccccc2)CCC1c1ccccc1. The van der Waals surface area contributed by atoms with Crippen LogP contribution in [0.2, 0.25) is 0 Å². The maximum absolute atomic E-state index is 12.9. The van der Waals surface area contributed by atoms with Crippen LogP contribution in [0.4, 0.5) is 4.79 Å². The number of carbonyl (C=O) groups excluding carboxylic acids is 2. The number of hydrogen-bond acceptors (Lipinski definition) is 3. The Morgan fingerprint density at radius 2 is 1.50 bits per heavy atom. The molecule has 2 aromatic rings. The maximum Gasteiger partial charge on any atom is 0.410 e. The first kappa shape index (κ1) is 19.9. The van der Waals surface area contributed by atoms with Crippen molar-refractivity contribution in [1.29, 1.82) is 0 Å². The summed E-state index contributed by atoms with van der Waals surface area (Å²) >= 11 is 0. The van der Waals surface area contributed by atoms with Gasteiger partial charge in [0.1, 0.15) is 5.60 Å². The molecular formula is C23H28N2O3. The molecule has 28 heavy (non-hydrogen) atoms. The van der Waals surface area contributed by atoms with Gasteiger partial charge in [0.2, 0.25) is 0 Å². The highest BCUT2D eigenvalue weighted by Gasteiger charge is 2.33. The van der Waals surface area contributed by atoms with Crippen molar-refractivity contribution in [2.24, 2.45) is 0 Å². The highest BCUT2D eigenvalue weighted by Crippen LogP contribution is 2.29. The third-order valence-electron chi connectivity index (χ3n) is 4.78. The van der Waals surface area contributed by atoms with E-state index >= 15 is 0 Å². The molecule has 1 unspecified atom stereocenters. The summed E-state index contributed by atoms with van der Waals surface area (Å²) < 4.78 is 5.65. The fourth-order valence-corrected chi connectivity index (χ4v) is 3.46. The van der Waals surface area contributed by atoms with E-state index in [1.165, 1.54) is 0 Å². The molecule has 148 valence electrons. The third-order valence-corrected chi connectivity index (χ3v) is 4.78. The van der Waals surface area contributed by atoms with Gasteiger partial charge in [-0.1, -0.05) is 48.5 Å². The summed E-state index contributed by atoms with van der Waals surface area (Å²) in [6, 6.07) is 19.1. The highest BCUT2D eigenvalue weighted by molar-refractivity contribution is 5.94. The van der Waals surface area contributed by atoms with Crippen LogP contribution in [0.1, 0.15) is 49.2 Å². The monoisotopic (exact) mass is 380 g/mol. The molecule has 5 heteroatoms. The van der Waals surface area contributed by atoms with Gasteiger partial charge in [-0.15, -0.1) is 0 Å². The second-order valence-electron chi connectivity index (χ2n) is 8.05. The normalized spacial score (nSPS) is 17.8. The van der Waals surface area contributed by atoms with Crippen LogP contribution in [0.5, 0.6) is 0 Å². The van der Waals surface area contributed by atoms with Crippen LogP contribution in [0.15, 0.2) is 60.7 Å². The predicted molar refractivity (Wildman–Crippen MR) is 109 cm³/mol. The second-order valence-corrected chi connectivity index (χ2v) is 8.05. The van der Waals surface area contributed by atoms with Crippen LogP contribution >= 0.6 is 0 Å². The third kappa shape index (κ3) is 4.91. The lowest BCUT2D eigenvalue weighted by molar-refractivity contribution is 0.0167. The van der Waals surface area contributed by atoms with Crippen LogP contribution in [-0.2, 0) is 4.74 Å². The topological polar surface area (TPSA) is 49.9 Å². The van der Waals surface area contributed by atoms with Gasteiger partial charge in [0.25, 0.3) is 5.91 Å². The Hall–Kier alpha value is -2.82. The molecular weight excluding hydrogens is 352 g/mol. The molecule has 1 aliphatic heterocycles. The minimum absolute atomic E-state index is 0.00143. The van der Waals surface area contributed by atoms with Gasteiger partial charge in [-0.2, -0.15) is 0 Å². The number of ether oxygens (including phenoxy) is 1. The fourth-order valence-electron chi connectivity index (χ4n) is 3.46. The van der Waals surface area contributed by atoms with Crippen molar-refractivity contribution in [1.82, 2.24) is 9.80 Å². The molecule has 0 bridgehead atoms. The molecule has 0 aromatic heterocycles. The molecule has 1 atom stereocenters. The molecule has 0 aliphatic carbocycles. The molecule has 0 N–H and O–H groups in total. The molecule has 3 rings (SSSR count). The Morgan fingerprint density at radius 3 is 2.11 bits per heavy atom. The van der Waals surface area contributed by atoms with Crippen molar-refractivity contribution in [2.45, 2.75) is 38.8 Å². The van der Waals surface area contributed by atoms with Gasteiger partial charge in [0, 0.05) is 25.2 Å². The minimum Gasteiger partial charge on any atom is -0.444 e. The van der Waals surface area contributed by atoms with E-state index in [1.807, 2.05) is 86.3 Å². The molecule has 2 amide bonds. The van der Waals surface area contributed by atoms with Gasteiger partial charge in [-0.25, -0.2) is 4.79 Å². The van der Waals surface area contributed by atoms with Crippen LogP contribution in [-0.4, -0.2) is 47.0 Å². The highest BCUT2D eigenvalue weighted by atomic mass is 16.6. The van der Waals surface area contributed by atoms with Crippen molar-refractivity contribution in [3.63, 3.8) is 0 Å². The summed E-state index contributed by atoms with van der Waals surface area (Å²) in [6.07, 6.45) is 0.331. The van der Waals surface area contributed by atoms with Crippen LogP contribution in [0, 0.1) is 0 Å². The first-order valence-electron chi connectivity index (χ1n) is 9.74. The standard InChI is InChI=1S/C23H28N2O3/c1-23(2,3)28-22(27)25-17-16-24(21(26)19-12-8-5-9-13-19)15-14-20(25)18-10-6-4-7-11-18/h4-13,20H,14-17H2,1-3H3. The van der Waals surface area contributed by atoms with Crippen molar-refractivity contribution in [3.8, 4) is 0 Å². The summed E-state index contributed by atoms with van der Waals surface area (Å²) in [7, 11) is 0. The van der Waals surface area contributed by atoms with Crippen LogP contribution < -0.4 is 0 Å². The lowest BCUT2D eigenvalue weighted by atomic mass is 10.0. The molecule has 0 radical (unpaired) electrons. The summed E-state index contributed by atoms with van der Waals surface area (Å²) in [4.78, 5) is 29.4. The lowest BCUT2D eigenvalue weighted by Crippen LogP contribution is -2.41. The number of carbonyl (C=O) groups is 2. The van der Waals surface area contributed by atoms with Gasteiger partial charge in [-0.3, -0.25) is 9.69 Å². The molecule has 1 heterocycles. The molecule has 1 fully saturated rings. The minimum atomic E-state index is -0.565. The average Bonchev–Trinajstić information content (AvgIpc) is 2.90. The first-order chi connectivity index (χ1) is 13.3. The number of nitrogens with zero attached hydrogens (tertiary/aromatic N) is 2. The Kier molecular flexibility index (Phi) is 6.02. The Labute approximate surface area is 166 Å². The van der Waals surface area contributed by atoms with E-state index in [9.17, 15) is 9.59 Å². The maximum atomic E-state index is 12.9. The number of benzene rings is 2. The van der Waals surface area contributed by atoms with Crippen molar-refractivity contribution < 1.29 is 14.3 Å². The van der Waals surface area contributed by atoms with Crippen molar-refractivity contribution in [2.75, 3.05) is 19.6 Å². The second kappa shape index (κ2) is 8.46. The van der Waals surface area contributed by atoms with Gasteiger partial charge in [0.15, 0.2) is 0 Å². The van der Waals surface area contributed by atoms with Gasteiger partial charge in [-0.05, 0) is 44.9 Å². The smallest absolute Gasteiger partial charge is 0.410 e. The van der Waals surface area contributed by atoms with Crippen LogP contribution in [0.25, 0.3) is 0 Å². The summed E-state index contributed by atoms with van der Waals surface area (Å²) in [5.41, 5.74) is 1.16. The predicted octanol–water partition coefficient (Wildman–Crippen LogP) is 4.51. The van der Waals surface area contributed by atoms with Crippen molar-refractivity contribution in [3.05, 3.63) is 71.8 Å². The van der Waals surface area contributed by atoms with E-state index in [1.54, 1.807) is 4.90 Å². The van der Waals surface area contributed by atoms with Crippen LogP contribution in [0.3, 0.4) is 0 Å². The van der Waals surface area contributed by atoms with E-state index in [2.05, 4.69) is 0 Å². The van der Waals surface area contributed by atoms with Gasteiger partial charge < -0.3 is 9.64 Å². The Bertz CT molecular complexity index is 800. The summed E-state index contributed by atoms with van der Waals surface area (Å²) in [6.45, 7) is 7.11. The molecule has 0 spiro atoms. The van der Waals surface area contributed by atoms with Gasteiger partial charge >= 0.3 is 6.09 Å². The van der Waals surface area contributed by atoms with E-state index in [0.29, 0.717) is 31.6 Å². The zero-order chi connectivity index (χ0) is 20.1. The number of amides is 2. The largest absolute Gasteiger partial charge is 0.444 e. The zero-order valence-electron chi connectivity index (χ0n) is 16.8. The summed E-state index contributed by atoms with van der Waals surface area (Å²) in [5, 5.41) is 0. The fraction of sp³-hybridized carbons (Fsp3) is 0.391. The van der Waals surface area contributed by atoms with E-state index in [4.69, 9.17) is 4.74 Å². The number of hydrogen-bond donors (Lipinski definition) is 0. The first-order valence-corrected chi connectivity index (χ1v) is 9.74. The van der Waals surface area contributed by atoms with E-state index < -0.39 is 5.60 Å². The van der Waals surface area contributed by atoms with E-state index in [0.717, 1.165) is 5.56 Å². The van der Waals surface area contributed by atoms with Gasteiger partial charge in [0.05, 0.1) is 6.04 Å². The number of rotatable bonds is 2. The van der Waals surface area contributed by atoms with E-state index in [-0.39, 0.29) is 18.0 Å². The molecule has 2 aromatic carbocycles. The molecule has 1 aliphatic rings.